The molecule has 1 aromatic carbocycles. The van der Waals surface area contributed by atoms with Crippen molar-refractivity contribution in [2.24, 2.45) is 0 Å². The molecule has 1 amide bonds. The zero-order chi connectivity index (χ0) is 22.9. The summed E-state index contributed by atoms with van der Waals surface area (Å²) in [4.78, 5) is 15.3. The molecule has 170 valence electrons. The van der Waals surface area contributed by atoms with Crippen LogP contribution in [0.2, 0.25) is 0 Å². The first-order valence-electron chi connectivity index (χ1n) is 11.1. The van der Waals surface area contributed by atoms with Crippen molar-refractivity contribution in [3.63, 3.8) is 0 Å². The topological polar surface area (TPSA) is 102 Å². The minimum atomic E-state index is -0.245. The Balaban J connectivity index is 1.29. The monoisotopic (exact) mass is 462 g/mol. The molecule has 10 heteroatoms. The smallest absolute Gasteiger partial charge is 0.260 e. The van der Waals surface area contributed by atoms with E-state index >= 15 is 0 Å². The predicted molar refractivity (Wildman–Crippen MR) is 128 cm³/mol. The van der Waals surface area contributed by atoms with Crippen molar-refractivity contribution in [2.75, 3.05) is 18.4 Å². The van der Waals surface area contributed by atoms with Crippen LogP contribution >= 0.6 is 11.3 Å². The number of aromatic nitrogens is 6. The SMILES string of the molecule is Cc1nnc(-c2ccc3nnc(NC(=O)c4cnn(C5CCN(C(C)C)CC5)c4)cc3c2)s1. The molecule has 1 N–H and O–H groups in total. The lowest BCUT2D eigenvalue weighted by molar-refractivity contribution is 0.102. The lowest BCUT2D eigenvalue weighted by Gasteiger charge is -2.34. The number of nitrogens with zero attached hydrogens (tertiary/aromatic N) is 7. The summed E-state index contributed by atoms with van der Waals surface area (Å²) in [5.74, 6) is 0.154. The van der Waals surface area contributed by atoms with Crippen LogP contribution in [0.3, 0.4) is 0 Å². The van der Waals surface area contributed by atoms with Gasteiger partial charge in [-0.15, -0.1) is 20.4 Å². The Kier molecular flexibility index (Phi) is 5.86. The van der Waals surface area contributed by atoms with E-state index in [4.69, 9.17) is 0 Å². The third kappa shape index (κ3) is 4.62. The van der Waals surface area contributed by atoms with Gasteiger partial charge in [-0.05, 0) is 57.9 Å². The molecular weight excluding hydrogens is 436 g/mol. The Bertz CT molecular complexity index is 1290. The van der Waals surface area contributed by atoms with Gasteiger partial charge in [-0.25, -0.2) is 0 Å². The van der Waals surface area contributed by atoms with Crippen LogP contribution in [-0.2, 0) is 0 Å². The molecule has 1 aliphatic heterocycles. The number of aryl methyl sites for hydroxylation is 1. The number of carbonyl (C=O) groups excluding carboxylic acids is 1. The first-order chi connectivity index (χ1) is 16.0. The number of nitrogens with one attached hydrogen (secondary N) is 1. The van der Waals surface area contributed by atoms with Crippen molar-refractivity contribution in [2.45, 2.75) is 45.7 Å². The zero-order valence-corrected chi connectivity index (χ0v) is 19.7. The molecule has 0 radical (unpaired) electrons. The Morgan fingerprint density at radius 1 is 1.12 bits per heavy atom. The molecule has 0 atom stereocenters. The standard InChI is InChI=1S/C23H26N8OS/c1-14(2)30-8-6-19(7-9-30)31-13-18(12-24-31)22(32)25-21-11-17-10-16(4-5-20(17)27-28-21)23-29-26-15(3)33-23/h4-5,10-14,19H,6-9H2,1-3H3,(H,25,28,32). The van der Waals surface area contributed by atoms with Gasteiger partial charge in [0, 0.05) is 36.3 Å². The Labute approximate surface area is 195 Å². The van der Waals surface area contributed by atoms with Crippen molar-refractivity contribution in [1.82, 2.24) is 35.1 Å². The van der Waals surface area contributed by atoms with E-state index in [9.17, 15) is 4.79 Å². The van der Waals surface area contributed by atoms with Crippen molar-refractivity contribution in [3.8, 4) is 10.6 Å². The van der Waals surface area contributed by atoms with Gasteiger partial charge in [0.2, 0.25) is 0 Å². The van der Waals surface area contributed by atoms with Gasteiger partial charge in [-0.2, -0.15) is 5.10 Å². The van der Waals surface area contributed by atoms with Crippen LogP contribution in [0.1, 0.15) is 48.1 Å². The summed E-state index contributed by atoms with van der Waals surface area (Å²) in [7, 11) is 0. The highest BCUT2D eigenvalue weighted by Crippen LogP contribution is 2.27. The van der Waals surface area contributed by atoms with E-state index in [0.29, 0.717) is 23.5 Å². The third-order valence-corrected chi connectivity index (χ3v) is 6.95. The Hall–Kier alpha value is -3.24. The quantitative estimate of drug-likeness (QED) is 0.479. The summed E-state index contributed by atoms with van der Waals surface area (Å²) in [6.07, 6.45) is 5.52. The molecule has 4 aromatic rings. The van der Waals surface area contributed by atoms with Crippen molar-refractivity contribution >= 4 is 34.0 Å². The predicted octanol–water partition coefficient (Wildman–Crippen LogP) is 3.95. The number of rotatable bonds is 5. The summed E-state index contributed by atoms with van der Waals surface area (Å²) in [5.41, 5.74) is 2.22. The fourth-order valence-electron chi connectivity index (χ4n) is 4.16. The highest BCUT2D eigenvalue weighted by atomic mass is 32.1. The van der Waals surface area contributed by atoms with E-state index in [1.807, 2.05) is 42.1 Å². The minimum absolute atomic E-state index is 0.245. The number of benzene rings is 1. The maximum Gasteiger partial charge on any atom is 0.260 e. The van der Waals surface area contributed by atoms with E-state index in [1.54, 1.807) is 6.20 Å². The van der Waals surface area contributed by atoms with E-state index in [0.717, 1.165) is 52.4 Å². The maximum absolute atomic E-state index is 12.8. The summed E-state index contributed by atoms with van der Waals surface area (Å²) in [6, 6.07) is 8.55. The van der Waals surface area contributed by atoms with Crippen molar-refractivity contribution in [1.29, 1.82) is 0 Å². The fraction of sp³-hybridized carbons (Fsp3) is 0.391. The second-order valence-corrected chi connectivity index (χ2v) is 9.84. The molecule has 1 saturated heterocycles. The van der Waals surface area contributed by atoms with Gasteiger partial charge >= 0.3 is 0 Å². The van der Waals surface area contributed by atoms with Gasteiger partial charge in [0.05, 0.1) is 23.3 Å². The Morgan fingerprint density at radius 2 is 1.94 bits per heavy atom. The molecule has 0 spiro atoms. The van der Waals surface area contributed by atoms with Gasteiger partial charge in [0.1, 0.15) is 10.0 Å². The normalized spacial score (nSPS) is 15.4. The molecule has 0 saturated carbocycles. The second-order valence-electron chi connectivity index (χ2n) is 8.65. The van der Waals surface area contributed by atoms with Gasteiger partial charge in [-0.1, -0.05) is 11.3 Å². The molecule has 9 nitrogen and oxygen atoms in total. The lowest BCUT2D eigenvalue weighted by atomic mass is 10.0. The van der Waals surface area contributed by atoms with Crippen LogP contribution in [0.4, 0.5) is 5.82 Å². The number of hydrogen-bond donors (Lipinski definition) is 1. The van der Waals surface area contributed by atoms with Crippen molar-refractivity contribution in [3.05, 3.63) is 47.2 Å². The summed E-state index contributed by atoms with van der Waals surface area (Å²) in [6.45, 7) is 8.48. The van der Waals surface area contributed by atoms with Crippen LogP contribution in [0.15, 0.2) is 36.7 Å². The first-order valence-corrected chi connectivity index (χ1v) is 12.0. The van der Waals surface area contributed by atoms with Gasteiger partial charge in [-0.3, -0.25) is 9.48 Å². The molecule has 3 aromatic heterocycles. The van der Waals surface area contributed by atoms with Crippen LogP contribution in [0.5, 0.6) is 0 Å². The maximum atomic E-state index is 12.8. The third-order valence-electron chi connectivity index (χ3n) is 6.07. The molecule has 0 bridgehead atoms. The highest BCUT2D eigenvalue weighted by Gasteiger charge is 2.23. The Morgan fingerprint density at radius 3 is 2.67 bits per heavy atom. The molecule has 0 unspecified atom stereocenters. The van der Waals surface area contributed by atoms with E-state index < -0.39 is 0 Å². The molecule has 1 aliphatic rings. The number of likely N-dealkylation sites (tertiary alicyclic amines) is 1. The van der Waals surface area contributed by atoms with Crippen LogP contribution in [0, 0.1) is 6.92 Å². The number of amides is 1. The first kappa shape index (κ1) is 21.6. The molecule has 0 aliphatic carbocycles. The van der Waals surface area contributed by atoms with Crippen LogP contribution in [-0.4, -0.2) is 60.1 Å². The molecule has 5 rings (SSSR count). The largest absolute Gasteiger partial charge is 0.305 e. The second kappa shape index (κ2) is 8.95. The van der Waals surface area contributed by atoms with Crippen LogP contribution < -0.4 is 5.32 Å². The van der Waals surface area contributed by atoms with E-state index in [-0.39, 0.29) is 5.91 Å². The van der Waals surface area contributed by atoms with Crippen LogP contribution in [0.25, 0.3) is 21.5 Å². The number of carbonyl (C=O) groups is 1. The van der Waals surface area contributed by atoms with E-state index in [2.05, 4.69) is 49.6 Å². The average Bonchev–Trinajstić information content (AvgIpc) is 3.48. The summed E-state index contributed by atoms with van der Waals surface area (Å²) in [5, 5.41) is 26.6. The lowest BCUT2D eigenvalue weighted by Crippen LogP contribution is -2.39. The van der Waals surface area contributed by atoms with Gasteiger partial charge in [0.15, 0.2) is 5.82 Å². The number of fused-ring (bicyclic) bond motifs is 1. The number of piperidine rings is 1. The van der Waals surface area contributed by atoms with Gasteiger partial charge < -0.3 is 10.2 Å². The molecule has 33 heavy (non-hydrogen) atoms. The van der Waals surface area contributed by atoms with Gasteiger partial charge in [0.25, 0.3) is 5.91 Å². The van der Waals surface area contributed by atoms with E-state index in [1.165, 1.54) is 11.3 Å². The minimum Gasteiger partial charge on any atom is -0.305 e. The fourth-order valence-corrected chi connectivity index (χ4v) is 4.85. The number of hydrogen-bond acceptors (Lipinski definition) is 8. The molecule has 1 fully saturated rings. The summed E-state index contributed by atoms with van der Waals surface area (Å²) < 4.78 is 1.93. The zero-order valence-electron chi connectivity index (χ0n) is 18.9. The van der Waals surface area contributed by atoms with Crippen molar-refractivity contribution < 1.29 is 4.79 Å². The molecule has 4 heterocycles. The summed E-state index contributed by atoms with van der Waals surface area (Å²) >= 11 is 1.54. The number of anilines is 1. The molecular formula is C23H26N8OS. The average molecular weight is 463 g/mol. The highest BCUT2D eigenvalue weighted by molar-refractivity contribution is 7.14.